The molecule has 1 aromatic carbocycles. The number of hydrogen-bond donors (Lipinski definition) is 1. The van der Waals surface area contributed by atoms with E-state index in [1.54, 1.807) is 6.20 Å². The maximum absolute atomic E-state index is 12.6. The third kappa shape index (κ3) is 3.38. The molecule has 0 aliphatic carbocycles. The largest absolute Gasteiger partial charge is 0.486 e. The fraction of sp³-hybridized carbons (Fsp3) is 0.368. The van der Waals surface area contributed by atoms with E-state index in [0.29, 0.717) is 19.8 Å². The van der Waals surface area contributed by atoms with Crippen LogP contribution in [-0.4, -0.2) is 35.7 Å². The number of likely N-dealkylation sites (tertiary alicyclic amines) is 1. The summed E-state index contributed by atoms with van der Waals surface area (Å²) in [4.78, 5) is 18.8. The van der Waals surface area contributed by atoms with Crippen LogP contribution in [0.2, 0.25) is 0 Å². The molecule has 1 fully saturated rings. The van der Waals surface area contributed by atoms with Gasteiger partial charge in [0.15, 0.2) is 11.5 Å². The number of carbonyl (C=O) groups is 1. The van der Waals surface area contributed by atoms with E-state index in [4.69, 9.17) is 9.47 Å². The van der Waals surface area contributed by atoms with Gasteiger partial charge in [-0.05, 0) is 42.7 Å². The Hall–Kier alpha value is -2.76. The molecule has 0 radical (unpaired) electrons. The second kappa shape index (κ2) is 7.01. The lowest BCUT2D eigenvalue weighted by atomic mass is 10.0. The third-order valence-corrected chi connectivity index (χ3v) is 4.61. The zero-order valence-electron chi connectivity index (χ0n) is 14.0. The lowest BCUT2D eigenvalue weighted by Gasteiger charge is -2.27. The molecule has 6 nitrogen and oxygen atoms in total. The van der Waals surface area contributed by atoms with Crippen molar-refractivity contribution in [2.45, 2.75) is 25.4 Å². The number of pyridine rings is 1. The van der Waals surface area contributed by atoms with Gasteiger partial charge in [0.1, 0.15) is 13.2 Å². The lowest BCUT2D eigenvalue weighted by molar-refractivity contribution is 0.170. The zero-order valence-corrected chi connectivity index (χ0v) is 14.0. The van der Waals surface area contributed by atoms with E-state index in [-0.39, 0.29) is 12.1 Å². The highest BCUT2D eigenvalue weighted by Gasteiger charge is 2.30. The predicted molar refractivity (Wildman–Crippen MR) is 92.6 cm³/mol. The van der Waals surface area contributed by atoms with Gasteiger partial charge in [-0.1, -0.05) is 12.1 Å². The summed E-state index contributed by atoms with van der Waals surface area (Å²) in [5.74, 6) is 1.55. The molecule has 1 N–H and O–H groups in total. The van der Waals surface area contributed by atoms with Crippen LogP contribution in [0, 0.1) is 0 Å². The van der Waals surface area contributed by atoms with Crippen LogP contribution in [0.3, 0.4) is 0 Å². The highest BCUT2D eigenvalue weighted by molar-refractivity contribution is 5.75. The number of rotatable bonds is 3. The fourth-order valence-electron chi connectivity index (χ4n) is 3.39. The molecule has 0 saturated carbocycles. The monoisotopic (exact) mass is 339 g/mol. The van der Waals surface area contributed by atoms with Gasteiger partial charge in [-0.2, -0.15) is 0 Å². The molecular weight excluding hydrogens is 318 g/mol. The summed E-state index contributed by atoms with van der Waals surface area (Å²) >= 11 is 0. The molecule has 1 saturated heterocycles. The highest BCUT2D eigenvalue weighted by atomic mass is 16.6. The minimum Gasteiger partial charge on any atom is -0.486 e. The number of benzene rings is 1. The maximum atomic E-state index is 12.6. The molecule has 6 heteroatoms. The Kier molecular flexibility index (Phi) is 4.41. The first-order chi connectivity index (χ1) is 12.3. The van der Waals surface area contributed by atoms with Gasteiger partial charge in [0.2, 0.25) is 0 Å². The minimum atomic E-state index is -0.0527. The van der Waals surface area contributed by atoms with Crippen molar-refractivity contribution in [2.75, 3.05) is 19.8 Å². The van der Waals surface area contributed by atoms with Crippen LogP contribution in [-0.2, 0) is 6.54 Å². The van der Waals surface area contributed by atoms with E-state index >= 15 is 0 Å². The molecule has 25 heavy (non-hydrogen) atoms. The van der Waals surface area contributed by atoms with E-state index in [0.717, 1.165) is 42.1 Å². The third-order valence-electron chi connectivity index (χ3n) is 4.61. The summed E-state index contributed by atoms with van der Waals surface area (Å²) in [6.45, 7) is 2.34. The first kappa shape index (κ1) is 15.7. The Morgan fingerprint density at radius 2 is 2.08 bits per heavy atom. The average Bonchev–Trinajstić information content (AvgIpc) is 3.16. The molecule has 0 spiro atoms. The van der Waals surface area contributed by atoms with E-state index < -0.39 is 0 Å². The van der Waals surface area contributed by atoms with Gasteiger partial charge in [0, 0.05) is 12.7 Å². The molecular formula is C19H21N3O3. The standard InChI is InChI=1S/C19H21N3O3/c23-19(21-13-15-4-1-2-8-20-15)22-9-3-5-16(22)14-6-7-17-18(12-14)25-11-10-24-17/h1-2,4,6-8,12,16H,3,5,9-11,13H2,(H,21,23)/t16-/m0/s1. The molecule has 2 aliphatic heterocycles. The Labute approximate surface area is 146 Å². The van der Waals surface area contributed by atoms with Gasteiger partial charge in [0.05, 0.1) is 18.3 Å². The molecule has 1 aromatic heterocycles. The van der Waals surface area contributed by atoms with E-state index in [2.05, 4.69) is 10.3 Å². The Balaban J connectivity index is 1.45. The number of urea groups is 1. The zero-order chi connectivity index (χ0) is 17.1. The van der Waals surface area contributed by atoms with E-state index in [1.165, 1.54) is 0 Å². The number of fused-ring (bicyclic) bond motifs is 1. The number of nitrogens with one attached hydrogen (secondary N) is 1. The topological polar surface area (TPSA) is 63.7 Å². The van der Waals surface area contributed by atoms with Crippen molar-refractivity contribution in [3.05, 3.63) is 53.9 Å². The van der Waals surface area contributed by atoms with E-state index in [9.17, 15) is 4.79 Å². The summed E-state index contributed by atoms with van der Waals surface area (Å²) < 4.78 is 11.3. The Morgan fingerprint density at radius 3 is 2.92 bits per heavy atom. The SMILES string of the molecule is O=C(NCc1ccccn1)N1CCC[C@H]1c1ccc2c(c1)OCCO2. The summed E-state index contributed by atoms with van der Waals surface area (Å²) in [5, 5.41) is 2.97. The molecule has 0 unspecified atom stereocenters. The van der Waals surface area contributed by atoms with Crippen LogP contribution in [0.4, 0.5) is 4.79 Å². The summed E-state index contributed by atoms with van der Waals surface area (Å²) in [7, 11) is 0. The van der Waals surface area contributed by atoms with Crippen molar-refractivity contribution in [3.63, 3.8) is 0 Å². The lowest BCUT2D eigenvalue weighted by Crippen LogP contribution is -2.39. The maximum Gasteiger partial charge on any atom is 0.318 e. The van der Waals surface area contributed by atoms with Gasteiger partial charge in [-0.15, -0.1) is 0 Å². The van der Waals surface area contributed by atoms with Gasteiger partial charge in [-0.25, -0.2) is 4.79 Å². The molecule has 2 aromatic rings. The second-order valence-corrected chi connectivity index (χ2v) is 6.23. The van der Waals surface area contributed by atoms with Crippen LogP contribution in [0.25, 0.3) is 0 Å². The van der Waals surface area contributed by atoms with Crippen molar-refractivity contribution in [2.24, 2.45) is 0 Å². The molecule has 1 atom stereocenters. The second-order valence-electron chi connectivity index (χ2n) is 6.23. The van der Waals surface area contributed by atoms with Crippen molar-refractivity contribution >= 4 is 6.03 Å². The number of hydrogen-bond acceptors (Lipinski definition) is 4. The first-order valence-electron chi connectivity index (χ1n) is 8.65. The smallest absolute Gasteiger partial charge is 0.318 e. The van der Waals surface area contributed by atoms with Gasteiger partial charge in [-0.3, -0.25) is 4.98 Å². The van der Waals surface area contributed by atoms with Crippen LogP contribution in [0.1, 0.15) is 30.1 Å². The van der Waals surface area contributed by atoms with Crippen LogP contribution >= 0.6 is 0 Å². The van der Waals surface area contributed by atoms with Crippen molar-refractivity contribution in [3.8, 4) is 11.5 Å². The minimum absolute atomic E-state index is 0.0527. The Bertz CT molecular complexity index is 751. The molecule has 3 heterocycles. The summed E-state index contributed by atoms with van der Waals surface area (Å²) in [6.07, 6.45) is 3.68. The van der Waals surface area contributed by atoms with Gasteiger partial charge < -0.3 is 19.7 Å². The number of nitrogens with zero attached hydrogens (tertiary/aromatic N) is 2. The average molecular weight is 339 g/mol. The highest BCUT2D eigenvalue weighted by Crippen LogP contribution is 2.38. The van der Waals surface area contributed by atoms with Crippen LogP contribution in [0.15, 0.2) is 42.6 Å². The van der Waals surface area contributed by atoms with Crippen LogP contribution < -0.4 is 14.8 Å². The summed E-state index contributed by atoms with van der Waals surface area (Å²) in [5.41, 5.74) is 1.95. The normalized spacial score (nSPS) is 18.9. The van der Waals surface area contributed by atoms with Gasteiger partial charge in [0.25, 0.3) is 0 Å². The molecule has 2 aliphatic rings. The first-order valence-corrected chi connectivity index (χ1v) is 8.65. The molecule has 2 amide bonds. The van der Waals surface area contributed by atoms with Crippen LogP contribution in [0.5, 0.6) is 11.5 Å². The summed E-state index contributed by atoms with van der Waals surface area (Å²) in [6, 6.07) is 11.7. The molecule has 4 rings (SSSR count). The fourth-order valence-corrected chi connectivity index (χ4v) is 3.39. The molecule has 130 valence electrons. The van der Waals surface area contributed by atoms with Crippen molar-refractivity contribution < 1.29 is 14.3 Å². The number of amides is 2. The quantitative estimate of drug-likeness (QED) is 0.934. The predicted octanol–water partition coefficient (Wildman–Crippen LogP) is 2.90. The van der Waals surface area contributed by atoms with Gasteiger partial charge >= 0.3 is 6.03 Å². The number of aromatic nitrogens is 1. The number of carbonyl (C=O) groups excluding carboxylic acids is 1. The van der Waals surface area contributed by atoms with Crippen molar-refractivity contribution in [1.82, 2.24) is 15.2 Å². The van der Waals surface area contributed by atoms with E-state index in [1.807, 2.05) is 41.3 Å². The molecule has 0 bridgehead atoms. The Morgan fingerprint density at radius 1 is 1.20 bits per heavy atom. The van der Waals surface area contributed by atoms with Crippen molar-refractivity contribution in [1.29, 1.82) is 0 Å². The number of ether oxygens (including phenoxy) is 2.